The molecule has 3 rings (SSSR count). The highest BCUT2D eigenvalue weighted by Gasteiger charge is 2.31. The van der Waals surface area contributed by atoms with E-state index in [1.54, 1.807) is 13.8 Å². The first kappa shape index (κ1) is 17.6. The Labute approximate surface area is 145 Å². The van der Waals surface area contributed by atoms with Crippen LogP contribution in [0.3, 0.4) is 0 Å². The van der Waals surface area contributed by atoms with E-state index in [0.717, 1.165) is 5.56 Å². The molecule has 26 heavy (non-hydrogen) atoms. The third-order valence-corrected chi connectivity index (χ3v) is 3.66. The van der Waals surface area contributed by atoms with Gasteiger partial charge in [0.25, 0.3) is 5.56 Å². The van der Waals surface area contributed by atoms with Crippen LogP contribution in [0.15, 0.2) is 41.5 Å². The van der Waals surface area contributed by atoms with Crippen LogP contribution < -0.4 is 10.3 Å². The van der Waals surface area contributed by atoms with Crippen LogP contribution in [0.5, 0.6) is 5.75 Å². The fraction of sp³-hybridized carbons (Fsp3) is 0.250. The third-order valence-electron chi connectivity index (χ3n) is 3.66. The van der Waals surface area contributed by atoms with Crippen LogP contribution in [-0.4, -0.2) is 30.9 Å². The Balaban J connectivity index is 1.87. The Morgan fingerprint density at radius 3 is 2.50 bits per heavy atom. The van der Waals surface area contributed by atoms with Crippen LogP contribution in [0.1, 0.15) is 17.1 Å². The van der Waals surface area contributed by atoms with Gasteiger partial charge in [0, 0.05) is 6.07 Å². The fourth-order valence-corrected chi connectivity index (χ4v) is 2.30. The molecule has 0 spiro atoms. The molecule has 1 aromatic carbocycles. The molecule has 0 aliphatic heterocycles. The molecule has 10 heteroatoms. The van der Waals surface area contributed by atoms with Gasteiger partial charge in [-0.25, -0.2) is 14.3 Å². The minimum absolute atomic E-state index is 0.0702. The number of aryl methyl sites for hydroxylation is 2. The summed E-state index contributed by atoms with van der Waals surface area (Å²) in [7, 11) is 0. The fourth-order valence-electron chi connectivity index (χ4n) is 2.30. The average molecular weight is 365 g/mol. The summed E-state index contributed by atoms with van der Waals surface area (Å²) in [5, 5.41) is 8.27. The van der Waals surface area contributed by atoms with Gasteiger partial charge in [0.2, 0.25) is 0 Å². The van der Waals surface area contributed by atoms with E-state index in [9.17, 15) is 18.0 Å². The van der Waals surface area contributed by atoms with Gasteiger partial charge in [0.1, 0.15) is 18.6 Å². The molecule has 0 radical (unpaired) electrons. The summed E-state index contributed by atoms with van der Waals surface area (Å²) in [5.74, 6) is 0.0716. The van der Waals surface area contributed by atoms with E-state index in [0.29, 0.717) is 17.2 Å². The first-order valence-corrected chi connectivity index (χ1v) is 7.53. The zero-order chi connectivity index (χ0) is 18.9. The second kappa shape index (κ2) is 6.62. The summed E-state index contributed by atoms with van der Waals surface area (Å²) < 4.78 is 43.2. The maximum atomic E-state index is 12.2. The predicted octanol–water partition coefficient (Wildman–Crippen LogP) is 2.39. The average Bonchev–Trinajstić information content (AvgIpc) is 3.00. The van der Waals surface area contributed by atoms with Crippen LogP contribution in [-0.2, 0) is 6.54 Å². The maximum Gasteiger partial charge on any atom is 0.573 e. The molecule has 136 valence electrons. The van der Waals surface area contributed by atoms with Gasteiger partial charge < -0.3 is 4.74 Å². The van der Waals surface area contributed by atoms with Crippen LogP contribution >= 0.6 is 0 Å². The van der Waals surface area contributed by atoms with Gasteiger partial charge in [0.15, 0.2) is 5.82 Å². The Kier molecular flexibility index (Phi) is 4.49. The first-order valence-electron chi connectivity index (χ1n) is 7.53. The van der Waals surface area contributed by atoms with E-state index >= 15 is 0 Å². The summed E-state index contributed by atoms with van der Waals surface area (Å²) in [4.78, 5) is 16.2. The van der Waals surface area contributed by atoms with Gasteiger partial charge in [-0.1, -0.05) is 0 Å². The van der Waals surface area contributed by atoms with Crippen LogP contribution in [0, 0.1) is 13.8 Å². The van der Waals surface area contributed by atoms with Crippen molar-refractivity contribution in [2.45, 2.75) is 26.8 Å². The molecule has 0 bridgehead atoms. The third kappa shape index (κ3) is 3.90. The number of halogens is 3. The molecule has 0 unspecified atom stereocenters. The number of aromatic nitrogens is 5. The van der Waals surface area contributed by atoms with Crippen molar-refractivity contribution in [3.8, 4) is 11.4 Å². The van der Waals surface area contributed by atoms with E-state index in [4.69, 9.17) is 0 Å². The number of hydrogen-bond donors (Lipinski definition) is 0. The summed E-state index contributed by atoms with van der Waals surface area (Å²) >= 11 is 0. The Morgan fingerprint density at radius 2 is 1.85 bits per heavy atom. The normalized spacial score (nSPS) is 11.6. The van der Waals surface area contributed by atoms with Gasteiger partial charge in [0.05, 0.1) is 11.4 Å². The van der Waals surface area contributed by atoms with Crippen molar-refractivity contribution in [1.82, 2.24) is 24.5 Å². The minimum Gasteiger partial charge on any atom is -0.406 e. The lowest BCUT2D eigenvalue weighted by Gasteiger charge is -2.11. The zero-order valence-electron chi connectivity index (χ0n) is 13.9. The molecular weight excluding hydrogens is 351 g/mol. The minimum atomic E-state index is -4.75. The summed E-state index contributed by atoms with van der Waals surface area (Å²) in [6, 6.07) is 6.65. The van der Waals surface area contributed by atoms with Gasteiger partial charge in [-0.15, -0.1) is 13.2 Å². The zero-order valence-corrected chi connectivity index (χ0v) is 13.9. The number of ether oxygens (including phenoxy) is 1. The highest BCUT2D eigenvalue weighted by Crippen LogP contribution is 2.23. The highest BCUT2D eigenvalue weighted by molar-refractivity contribution is 5.37. The van der Waals surface area contributed by atoms with E-state index < -0.39 is 6.36 Å². The number of rotatable bonds is 4. The SMILES string of the molecule is Cc1cc(=O)n(Cc2ncnn2-c2ccc(OC(F)(F)F)cc2)nc1C. The second-order valence-electron chi connectivity index (χ2n) is 5.54. The van der Waals surface area contributed by atoms with Crippen molar-refractivity contribution in [3.05, 3.63) is 64.1 Å². The summed E-state index contributed by atoms with van der Waals surface area (Å²) in [6.45, 7) is 3.65. The molecular formula is C16H14F3N5O2. The number of nitrogens with zero attached hydrogens (tertiary/aromatic N) is 5. The molecule has 0 saturated carbocycles. The van der Waals surface area contributed by atoms with Crippen LogP contribution in [0.4, 0.5) is 13.2 Å². The monoisotopic (exact) mass is 365 g/mol. The van der Waals surface area contributed by atoms with Crippen LogP contribution in [0.25, 0.3) is 5.69 Å². The van der Waals surface area contributed by atoms with Crippen LogP contribution in [0.2, 0.25) is 0 Å². The van der Waals surface area contributed by atoms with Crippen molar-refractivity contribution < 1.29 is 17.9 Å². The van der Waals surface area contributed by atoms with Crippen molar-refractivity contribution in [2.75, 3.05) is 0 Å². The Morgan fingerprint density at radius 1 is 1.15 bits per heavy atom. The molecule has 0 aliphatic rings. The van der Waals surface area contributed by atoms with Crippen molar-refractivity contribution in [3.63, 3.8) is 0 Å². The topological polar surface area (TPSA) is 74.8 Å². The lowest BCUT2D eigenvalue weighted by atomic mass is 10.2. The number of benzene rings is 1. The smallest absolute Gasteiger partial charge is 0.406 e. The van der Waals surface area contributed by atoms with Gasteiger partial charge >= 0.3 is 6.36 Å². The first-order chi connectivity index (χ1) is 12.2. The molecule has 2 heterocycles. The molecule has 0 fully saturated rings. The lowest BCUT2D eigenvalue weighted by molar-refractivity contribution is -0.274. The highest BCUT2D eigenvalue weighted by atomic mass is 19.4. The van der Waals surface area contributed by atoms with Crippen molar-refractivity contribution in [1.29, 1.82) is 0 Å². The maximum absolute atomic E-state index is 12.2. The number of alkyl halides is 3. The molecule has 7 nitrogen and oxygen atoms in total. The summed E-state index contributed by atoms with van der Waals surface area (Å²) in [6.07, 6.45) is -3.46. The second-order valence-corrected chi connectivity index (χ2v) is 5.54. The Hall–Kier alpha value is -3.17. The van der Waals surface area contributed by atoms with Crippen molar-refractivity contribution in [2.24, 2.45) is 0 Å². The van der Waals surface area contributed by atoms with Gasteiger partial charge in [-0.05, 0) is 43.7 Å². The molecule has 0 aliphatic carbocycles. The standard InChI is InChI=1S/C16H14F3N5O2/c1-10-7-15(25)23(22-11(10)2)8-14-20-9-21-24(14)12-3-5-13(6-4-12)26-16(17,18)19/h3-7,9H,8H2,1-2H3. The van der Waals surface area contributed by atoms with E-state index in [1.807, 2.05) is 0 Å². The number of hydrogen-bond acceptors (Lipinski definition) is 5. The Bertz CT molecular complexity index is 977. The quantitative estimate of drug-likeness (QED) is 0.710. The van der Waals surface area contributed by atoms with Crippen molar-refractivity contribution >= 4 is 0 Å². The van der Waals surface area contributed by atoms with E-state index in [-0.39, 0.29) is 17.9 Å². The van der Waals surface area contributed by atoms with E-state index in [1.165, 1.54) is 46.0 Å². The molecule has 2 aromatic heterocycles. The lowest BCUT2D eigenvalue weighted by Crippen LogP contribution is -2.25. The largest absolute Gasteiger partial charge is 0.573 e. The van der Waals surface area contributed by atoms with Gasteiger partial charge in [-0.2, -0.15) is 10.2 Å². The van der Waals surface area contributed by atoms with E-state index in [2.05, 4.69) is 19.9 Å². The predicted molar refractivity (Wildman–Crippen MR) is 85.1 cm³/mol. The molecule has 0 saturated heterocycles. The summed E-state index contributed by atoms with van der Waals surface area (Å²) in [5.41, 5.74) is 1.69. The molecule has 3 aromatic rings. The molecule has 0 N–H and O–H groups in total. The molecule has 0 atom stereocenters. The molecule has 0 amide bonds. The van der Waals surface area contributed by atoms with Gasteiger partial charge in [-0.3, -0.25) is 4.79 Å².